The topological polar surface area (TPSA) is 69.6 Å². The molecular formula is C31H29ClN2O4. The molecule has 0 aliphatic carbocycles. The molecule has 0 saturated heterocycles. The summed E-state index contributed by atoms with van der Waals surface area (Å²) in [7, 11) is 0. The number of carbonyl (C=O) groups excluding carboxylic acids is 2. The van der Waals surface area contributed by atoms with Crippen molar-refractivity contribution in [2.45, 2.75) is 39.3 Å². The van der Waals surface area contributed by atoms with E-state index < -0.39 is 5.97 Å². The zero-order chi connectivity index (χ0) is 26.5. The van der Waals surface area contributed by atoms with Gasteiger partial charge in [-0.1, -0.05) is 41.9 Å². The predicted octanol–water partition coefficient (Wildman–Crippen LogP) is 7.15. The lowest BCUT2D eigenvalue weighted by Gasteiger charge is -2.20. The van der Waals surface area contributed by atoms with Crippen LogP contribution in [0.4, 0.5) is 5.69 Å². The molecule has 0 atom stereocenters. The zero-order valence-corrected chi connectivity index (χ0v) is 22.0. The lowest BCUT2D eigenvalue weighted by Crippen LogP contribution is -2.17. The van der Waals surface area contributed by atoms with Crippen LogP contribution in [0, 0.1) is 0 Å². The van der Waals surface area contributed by atoms with Gasteiger partial charge in [0.25, 0.3) is 5.91 Å². The molecule has 0 fully saturated rings. The SMILES string of the molecule is CCOC(=O)c1ccc(Cl)cc1-c1cc(C(=O)Nc2ccc(OCc3ccccc3)cc2)c2n1CCCC2. The van der Waals surface area contributed by atoms with Gasteiger partial charge in [0.2, 0.25) is 0 Å². The summed E-state index contributed by atoms with van der Waals surface area (Å²) in [6.45, 7) is 3.29. The van der Waals surface area contributed by atoms with Gasteiger partial charge in [-0.3, -0.25) is 4.79 Å². The highest BCUT2D eigenvalue weighted by Gasteiger charge is 2.26. The Bertz CT molecular complexity index is 1440. The maximum atomic E-state index is 13.4. The van der Waals surface area contributed by atoms with E-state index in [2.05, 4.69) is 9.88 Å². The summed E-state index contributed by atoms with van der Waals surface area (Å²) in [5.41, 5.74) is 5.21. The van der Waals surface area contributed by atoms with Crippen molar-refractivity contribution in [3.8, 4) is 17.0 Å². The predicted molar refractivity (Wildman–Crippen MR) is 149 cm³/mol. The molecule has 0 spiro atoms. The Morgan fingerprint density at radius 1 is 0.947 bits per heavy atom. The van der Waals surface area contributed by atoms with Crippen molar-refractivity contribution in [3.05, 3.63) is 106 Å². The highest BCUT2D eigenvalue weighted by atomic mass is 35.5. The summed E-state index contributed by atoms with van der Waals surface area (Å²) in [6, 6.07) is 24.3. The molecule has 0 saturated carbocycles. The number of amides is 1. The Morgan fingerprint density at radius 2 is 1.74 bits per heavy atom. The molecule has 1 aromatic heterocycles. The van der Waals surface area contributed by atoms with Crippen molar-refractivity contribution in [2.24, 2.45) is 0 Å². The van der Waals surface area contributed by atoms with Crippen LogP contribution in [0.25, 0.3) is 11.3 Å². The average molecular weight is 529 g/mol. The molecule has 6 nitrogen and oxygen atoms in total. The van der Waals surface area contributed by atoms with E-state index in [4.69, 9.17) is 21.1 Å². The quantitative estimate of drug-likeness (QED) is 0.246. The summed E-state index contributed by atoms with van der Waals surface area (Å²) < 4.78 is 13.3. The molecule has 0 unspecified atom stereocenters. The largest absolute Gasteiger partial charge is 0.489 e. The highest BCUT2D eigenvalue weighted by Crippen LogP contribution is 2.35. The number of hydrogen-bond donors (Lipinski definition) is 1. The molecule has 1 aliphatic heterocycles. The fourth-order valence-electron chi connectivity index (χ4n) is 4.78. The van der Waals surface area contributed by atoms with Crippen LogP contribution in [-0.2, 0) is 24.3 Å². The molecule has 1 amide bonds. The van der Waals surface area contributed by atoms with Crippen molar-refractivity contribution in [2.75, 3.05) is 11.9 Å². The van der Waals surface area contributed by atoms with Crippen molar-refractivity contribution in [1.82, 2.24) is 4.57 Å². The van der Waals surface area contributed by atoms with Gasteiger partial charge in [-0.2, -0.15) is 0 Å². The fraction of sp³-hybridized carbons (Fsp3) is 0.226. The van der Waals surface area contributed by atoms with E-state index in [1.165, 1.54) is 0 Å². The van der Waals surface area contributed by atoms with E-state index in [1.807, 2.05) is 60.7 Å². The van der Waals surface area contributed by atoms with Crippen LogP contribution in [0.15, 0.2) is 78.9 Å². The first-order chi connectivity index (χ1) is 18.5. The van der Waals surface area contributed by atoms with E-state index >= 15 is 0 Å². The summed E-state index contributed by atoms with van der Waals surface area (Å²) in [5.74, 6) is 0.119. The molecule has 0 bridgehead atoms. The number of nitrogens with zero attached hydrogens (tertiary/aromatic N) is 1. The number of ether oxygens (including phenoxy) is 2. The van der Waals surface area contributed by atoms with Gasteiger partial charge < -0.3 is 19.4 Å². The summed E-state index contributed by atoms with van der Waals surface area (Å²) in [5, 5.41) is 3.53. The maximum absolute atomic E-state index is 13.4. The van der Waals surface area contributed by atoms with Gasteiger partial charge in [0.05, 0.1) is 17.7 Å². The fourth-order valence-corrected chi connectivity index (χ4v) is 4.96. The third-order valence-corrected chi connectivity index (χ3v) is 6.85. The van der Waals surface area contributed by atoms with Gasteiger partial charge in [-0.15, -0.1) is 0 Å². The minimum absolute atomic E-state index is 0.195. The van der Waals surface area contributed by atoms with E-state index in [-0.39, 0.29) is 12.5 Å². The van der Waals surface area contributed by atoms with E-state index in [1.54, 1.807) is 25.1 Å². The Hall–Kier alpha value is -4.03. The van der Waals surface area contributed by atoms with E-state index in [9.17, 15) is 9.59 Å². The molecule has 5 rings (SSSR count). The molecule has 7 heteroatoms. The third-order valence-electron chi connectivity index (χ3n) is 6.61. The Morgan fingerprint density at radius 3 is 2.50 bits per heavy atom. The normalized spacial score (nSPS) is 12.5. The first kappa shape index (κ1) is 25.6. The number of aromatic nitrogens is 1. The first-order valence-electron chi connectivity index (χ1n) is 12.8. The highest BCUT2D eigenvalue weighted by molar-refractivity contribution is 6.31. The molecule has 1 N–H and O–H groups in total. The van der Waals surface area contributed by atoms with E-state index in [0.717, 1.165) is 48.5 Å². The van der Waals surface area contributed by atoms with Crippen LogP contribution < -0.4 is 10.1 Å². The van der Waals surface area contributed by atoms with Crippen LogP contribution in [-0.4, -0.2) is 23.1 Å². The second kappa shape index (κ2) is 11.6. The van der Waals surface area contributed by atoms with Gasteiger partial charge >= 0.3 is 5.97 Å². The lowest BCUT2D eigenvalue weighted by atomic mass is 10.0. The summed E-state index contributed by atoms with van der Waals surface area (Å²) in [6.07, 6.45) is 2.78. The third kappa shape index (κ3) is 5.60. The molecule has 4 aromatic rings. The molecule has 3 aromatic carbocycles. The number of hydrogen-bond acceptors (Lipinski definition) is 4. The monoisotopic (exact) mass is 528 g/mol. The number of nitrogens with one attached hydrogen (secondary N) is 1. The van der Waals surface area contributed by atoms with Crippen molar-refractivity contribution in [1.29, 1.82) is 0 Å². The molecule has 2 heterocycles. The second-order valence-corrected chi connectivity index (χ2v) is 9.60. The van der Waals surface area contributed by atoms with Crippen LogP contribution in [0.3, 0.4) is 0 Å². The maximum Gasteiger partial charge on any atom is 0.338 e. The zero-order valence-electron chi connectivity index (χ0n) is 21.2. The number of esters is 1. The molecule has 1 aliphatic rings. The number of fused-ring (bicyclic) bond motifs is 1. The summed E-state index contributed by atoms with van der Waals surface area (Å²) in [4.78, 5) is 26.1. The van der Waals surface area contributed by atoms with Gasteiger partial charge in [-0.05, 0) is 80.3 Å². The van der Waals surface area contributed by atoms with Crippen LogP contribution in [0.2, 0.25) is 5.02 Å². The Balaban J connectivity index is 1.38. The molecular weight excluding hydrogens is 500 g/mol. The minimum Gasteiger partial charge on any atom is -0.489 e. The molecule has 194 valence electrons. The van der Waals surface area contributed by atoms with Crippen LogP contribution >= 0.6 is 11.6 Å². The summed E-state index contributed by atoms with van der Waals surface area (Å²) >= 11 is 6.33. The molecule has 0 radical (unpaired) electrons. The Labute approximate surface area is 227 Å². The minimum atomic E-state index is -0.411. The van der Waals surface area contributed by atoms with Gasteiger partial charge in [0, 0.05) is 34.2 Å². The average Bonchev–Trinajstić information content (AvgIpc) is 3.33. The van der Waals surface area contributed by atoms with Crippen molar-refractivity contribution < 1.29 is 19.1 Å². The first-order valence-corrected chi connectivity index (χ1v) is 13.2. The van der Waals surface area contributed by atoms with Gasteiger partial charge in [-0.25, -0.2) is 4.79 Å². The van der Waals surface area contributed by atoms with Crippen molar-refractivity contribution in [3.63, 3.8) is 0 Å². The standard InChI is InChI=1S/C31H29ClN2O4/c1-2-37-31(36)25-16-11-22(32)18-26(25)29-19-27(28-10-6-7-17-34(28)29)30(35)33-23-12-14-24(15-13-23)38-20-21-8-4-3-5-9-21/h3-5,8-9,11-16,18-19H,2,6-7,10,17,20H2,1H3,(H,33,35). The molecule has 38 heavy (non-hydrogen) atoms. The lowest BCUT2D eigenvalue weighted by molar-refractivity contribution is 0.0527. The number of benzene rings is 3. The number of carbonyl (C=O) groups is 2. The smallest absolute Gasteiger partial charge is 0.338 e. The van der Waals surface area contributed by atoms with Gasteiger partial charge in [0.15, 0.2) is 0 Å². The van der Waals surface area contributed by atoms with Gasteiger partial charge in [0.1, 0.15) is 12.4 Å². The Kier molecular flexibility index (Phi) is 7.80. The number of rotatable bonds is 8. The van der Waals surface area contributed by atoms with Crippen LogP contribution in [0.5, 0.6) is 5.75 Å². The van der Waals surface area contributed by atoms with Crippen molar-refractivity contribution >= 4 is 29.2 Å². The second-order valence-electron chi connectivity index (χ2n) is 9.16. The van der Waals surface area contributed by atoms with Crippen LogP contribution in [0.1, 0.15) is 51.7 Å². The van der Waals surface area contributed by atoms with E-state index in [0.29, 0.717) is 34.0 Å². The number of halogens is 1. The number of anilines is 1.